The fourth-order valence-corrected chi connectivity index (χ4v) is 2.08. The van der Waals surface area contributed by atoms with Crippen molar-refractivity contribution in [3.05, 3.63) is 46.1 Å². The molecule has 17 heavy (non-hydrogen) atoms. The number of nitrogen functional groups attached to an aromatic ring is 1. The molecule has 0 bridgehead atoms. The molecule has 3 nitrogen and oxygen atoms in total. The molecule has 0 atom stereocenters. The standard InChI is InChI=1S/C12H10Cl2N2O/c13-8-3-7(4-9(14)5-8)11-2-1-10(6-17)16-12(11)15/h1-5,17H,6H2,(H2,15,16). The molecule has 0 saturated carbocycles. The SMILES string of the molecule is Nc1nc(CO)ccc1-c1cc(Cl)cc(Cl)c1. The van der Waals surface area contributed by atoms with Gasteiger partial charge in [0.1, 0.15) is 5.82 Å². The zero-order chi connectivity index (χ0) is 12.4. The number of hydrogen-bond acceptors (Lipinski definition) is 3. The van der Waals surface area contributed by atoms with Crippen LogP contribution in [0.5, 0.6) is 0 Å². The van der Waals surface area contributed by atoms with Crippen molar-refractivity contribution in [2.24, 2.45) is 0 Å². The Hall–Kier alpha value is -1.29. The van der Waals surface area contributed by atoms with E-state index in [0.29, 0.717) is 21.6 Å². The van der Waals surface area contributed by atoms with Gasteiger partial charge in [-0.25, -0.2) is 4.98 Å². The van der Waals surface area contributed by atoms with Crippen molar-refractivity contribution in [3.63, 3.8) is 0 Å². The Bertz CT molecular complexity index is 538. The minimum Gasteiger partial charge on any atom is -0.390 e. The highest BCUT2D eigenvalue weighted by atomic mass is 35.5. The molecule has 0 saturated heterocycles. The minimum atomic E-state index is -0.138. The molecule has 0 radical (unpaired) electrons. The summed E-state index contributed by atoms with van der Waals surface area (Å²) >= 11 is 11.9. The van der Waals surface area contributed by atoms with E-state index in [0.717, 1.165) is 11.1 Å². The molecule has 0 aliphatic heterocycles. The maximum absolute atomic E-state index is 8.95. The molecule has 0 spiro atoms. The lowest BCUT2D eigenvalue weighted by Gasteiger charge is -2.07. The van der Waals surface area contributed by atoms with E-state index in [1.54, 1.807) is 30.3 Å². The Labute approximate surface area is 109 Å². The molecule has 2 aromatic rings. The van der Waals surface area contributed by atoms with Crippen LogP contribution >= 0.6 is 23.2 Å². The molecule has 0 unspecified atom stereocenters. The highest BCUT2D eigenvalue weighted by Crippen LogP contribution is 2.30. The zero-order valence-electron chi connectivity index (χ0n) is 8.82. The summed E-state index contributed by atoms with van der Waals surface area (Å²) < 4.78 is 0. The number of aliphatic hydroxyl groups excluding tert-OH is 1. The molecular formula is C12H10Cl2N2O. The highest BCUT2D eigenvalue weighted by Gasteiger charge is 2.07. The molecule has 0 amide bonds. The summed E-state index contributed by atoms with van der Waals surface area (Å²) in [7, 11) is 0. The van der Waals surface area contributed by atoms with Gasteiger partial charge in [-0.15, -0.1) is 0 Å². The van der Waals surface area contributed by atoms with Crippen molar-refractivity contribution >= 4 is 29.0 Å². The number of aromatic nitrogens is 1. The first-order valence-corrected chi connectivity index (χ1v) is 5.68. The van der Waals surface area contributed by atoms with Gasteiger partial charge in [0.05, 0.1) is 12.3 Å². The van der Waals surface area contributed by atoms with Gasteiger partial charge in [-0.1, -0.05) is 23.2 Å². The molecule has 0 fully saturated rings. The van der Waals surface area contributed by atoms with Gasteiger partial charge in [0.15, 0.2) is 0 Å². The normalized spacial score (nSPS) is 10.5. The van der Waals surface area contributed by atoms with Gasteiger partial charge < -0.3 is 10.8 Å². The third-order valence-corrected chi connectivity index (χ3v) is 2.75. The minimum absolute atomic E-state index is 0.138. The van der Waals surface area contributed by atoms with Crippen LogP contribution in [0.1, 0.15) is 5.69 Å². The van der Waals surface area contributed by atoms with Gasteiger partial charge >= 0.3 is 0 Å². The first kappa shape index (κ1) is 12.2. The summed E-state index contributed by atoms with van der Waals surface area (Å²) in [6.45, 7) is -0.138. The van der Waals surface area contributed by atoms with E-state index in [2.05, 4.69) is 4.98 Å². The van der Waals surface area contributed by atoms with Crippen molar-refractivity contribution in [1.82, 2.24) is 4.98 Å². The maximum atomic E-state index is 8.95. The van der Waals surface area contributed by atoms with Crippen LogP contribution in [0.4, 0.5) is 5.82 Å². The van der Waals surface area contributed by atoms with Gasteiger partial charge in [0, 0.05) is 15.6 Å². The number of benzene rings is 1. The Morgan fingerprint density at radius 1 is 1.12 bits per heavy atom. The predicted octanol–water partition coefficient (Wildman–Crippen LogP) is 3.13. The van der Waals surface area contributed by atoms with Crippen molar-refractivity contribution in [3.8, 4) is 11.1 Å². The lowest BCUT2D eigenvalue weighted by Crippen LogP contribution is -1.98. The quantitative estimate of drug-likeness (QED) is 0.880. The first-order valence-electron chi connectivity index (χ1n) is 4.93. The van der Waals surface area contributed by atoms with Gasteiger partial charge in [-0.3, -0.25) is 0 Å². The molecule has 88 valence electrons. The molecule has 0 aliphatic carbocycles. The van der Waals surface area contributed by atoms with Gasteiger partial charge in [0.25, 0.3) is 0 Å². The average Bonchev–Trinajstić information content (AvgIpc) is 2.27. The summed E-state index contributed by atoms with van der Waals surface area (Å²) in [5.74, 6) is 0.342. The van der Waals surface area contributed by atoms with Crippen LogP contribution < -0.4 is 5.73 Å². The van der Waals surface area contributed by atoms with Gasteiger partial charge in [-0.05, 0) is 35.9 Å². The van der Waals surface area contributed by atoms with E-state index < -0.39 is 0 Å². The Morgan fingerprint density at radius 2 is 1.76 bits per heavy atom. The largest absolute Gasteiger partial charge is 0.390 e. The first-order chi connectivity index (χ1) is 8.10. The second kappa shape index (κ2) is 4.92. The van der Waals surface area contributed by atoms with Crippen molar-refractivity contribution in [2.75, 3.05) is 5.73 Å². The number of halogens is 2. The third kappa shape index (κ3) is 2.69. The Morgan fingerprint density at radius 3 is 2.29 bits per heavy atom. The summed E-state index contributed by atoms with van der Waals surface area (Å²) in [5.41, 5.74) is 7.89. The van der Waals surface area contributed by atoms with Gasteiger partial charge in [0.2, 0.25) is 0 Å². The summed E-state index contributed by atoms with van der Waals surface area (Å²) in [6, 6.07) is 8.67. The molecule has 3 N–H and O–H groups in total. The second-order valence-electron chi connectivity index (χ2n) is 3.55. The monoisotopic (exact) mass is 268 g/mol. The molecule has 5 heteroatoms. The van der Waals surface area contributed by atoms with Crippen LogP contribution in [0.3, 0.4) is 0 Å². The fraction of sp³-hybridized carbons (Fsp3) is 0.0833. The summed E-state index contributed by atoms with van der Waals surface area (Å²) in [4.78, 5) is 4.07. The van der Waals surface area contributed by atoms with Gasteiger partial charge in [-0.2, -0.15) is 0 Å². The fourth-order valence-electron chi connectivity index (χ4n) is 1.56. The topological polar surface area (TPSA) is 59.1 Å². The predicted molar refractivity (Wildman–Crippen MR) is 70.0 cm³/mol. The number of rotatable bonds is 2. The number of anilines is 1. The number of aliphatic hydroxyl groups is 1. The maximum Gasteiger partial charge on any atom is 0.131 e. The zero-order valence-corrected chi connectivity index (χ0v) is 10.3. The van der Waals surface area contributed by atoms with Crippen LogP contribution in [0.15, 0.2) is 30.3 Å². The van der Waals surface area contributed by atoms with Crippen LogP contribution in [-0.4, -0.2) is 10.1 Å². The van der Waals surface area contributed by atoms with Crippen LogP contribution in [-0.2, 0) is 6.61 Å². The third-order valence-electron chi connectivity index (χ3n) is 2.32. The van der Waals surface area contributed by atoms with E-state index in [4.69, 9.17) is 34.0 Å². The van der Waals surface area contributed by atoms with Crippen molar-refractivity contribution < 1.29 is 5.11 Å². The highest BCUT2D eigenvalue weighted by molar-refractivity contribution is 6.35. The molecule has 1 heterocycles. The van der Waals surface area contributed by atoms with Crippen molar-refractivity contribution in [2.45, 2.75) is 6.61 Å². The van der Waals surface area contributed by atoms with E-state index in [9.17, 15) is 0 Å². The number of nitrogens with zero attached hydrogens (tertiary/aromatic N) is 1. The Kier molecular flexibility index (Phi) is 3.52. The lowest BCUT2D eigenvalue weighted by molar-refractivity contribution is 0.277. The van der Waals surface area contributed by atoms with E-state index >= 15 is 0 Å². The Balaban J connectivity index is 2.52. The molecule has 1 aromatic carbocycles. The number of nitrogens with two attached hydrogens (primary N) is 1. The summed E-state index contributed by atoms with van der Waals surface area (Å²) in [6.07, 6.45) is 0. The van der Waals surface area contributed by atoms with Crippen LogP contribution in [0, 0.1) is 0 Å². The number of hydrogen-bond donors (Lipinski definition) is 2. The van der Waals surface area contributed by atoms with E-state index in [1.165, 1.54) is 0 Å². The lowest BCUT2D eigenvalue weighted by atomic mass is 10.1. The molecule has 2 rings (SSSR count). The smallest absolute Gasteiger partial charge is 0.131 e. The van der Waals surface area contributed by atoms with E-state index in [1.807, 2.05) is 0 Å². The second-order valence-corrected chi connectivity index (χ2v) is 4.42. The van der Waals surface area contributed by atoms with Crippen molar-refractivity contribution in [1.29, 1.82) is 0 Å². The molecular weight excluding hydrogens is 259 g/mol. The molecule has 1 aromatic heterocycles. The van der Waals surface area contributed by atoms with Crippen LogP contribution in [0.2, 0.25) is 10.0 Å². The number of pyridine rings is 1. The van der Waals surface area contributed by atoms with Crippen LogP contribution in [0.25, 0.3) is 11.1 Å². The molecule has 0 aliphatic rings. The average molecular weight is 269 g/mol. The van der Waals surface area contributed by atoms with E-state index in [-0.39, 0.29) is 6.61 Å². The summed E-state index contributed by atoms with van der Waals surface area (Å²) in [5, 5.41) is 10.0.